The number of carbonyl (C=O) groups excluding carboxylic acids is 1. The van der Waals surface area contributed by atoms with E-state index in [1.54, 1.807) is 0 Å². The molecule has 0 bridgehead atoms. The first-order valence-electron chi connectivity index (χ1n) is 7.65. The second-order valence-corrected chi connectivity index (χ2v) is 6.94. The highest BCUT2D eigenvalue weighted by molar-refractivity contribution is 6.07. The van der Waals surface area contributed by atoms with Crippen LogP contribution < -0.4 is 29.7 Å². The van der Waals surface area contributed by atoms with E-state index in [9.17, 15) is 4.79 Å². The number of nitrogens with zero attached hydrogens (tertiary/aromatic N) is 1. The van der Waals surface area contributed by atoms with E-state index in [0.29, 0.717) is 5.56 Å². The van der Waals surface area contributed by atoms with Crippen LogP contribution in [0, 0.1) is 0 Å². The molecular formula is C19H22IN3O. The third-order valence-corrected chi connectivity index (χ3v) is 3.89. The van der Waals surface area contributed by atoms with Gasteiger partial charge >= 0.3 is 0 Å². The number of hydrogen-bond acceptors (Lipinski definition) is 1. The summed E-state index contributed by atoms with van der Waals surface area (Å²) in [6.45, 7) is 0.871. The number of aromatic nitrogens is 1. The van der Waals surface area contributed by atoms with Gasteiger partial charge in [-0.25, -0.2) is 0 Å². The van der Waals surface area contributed by atoms with E-state index in [-0.39, 0.29) is 24.0 Å². The van der Waals surface area contributed by atoms with E-state index in [0.717, 1.165) is 33.1 Å². The van der Waals surface area contributed by atoms with E-state index < -0.39 is 5.91 Å². The van der Waals surface area contributed by atoms with Gasteiger partial charge in [0.25, 0.3) is 5.91 Å². The van der Waals surface area contributed by atoms with Gasteiger partial charge in [0.15, 0.2) is 0 Å². The fourth-order valence-electron chi connectivity index (χ4n) is 2.92. The van der Waals surface area contributed by atoms with Gasteiger partial charge in [-0.05, 0) is 23.3 Å². The number of quaternary nitrogens is 1. The van der Waals surface area contributed by atoms with Crippen molar-refractivity contribution in [1.29, 1.82) is 0 Å². The highest BCUT2D eigenvalue weighted by Crippen LogP contribution is 2.30. The van der Waals surface area contributed by atoms with Crippen molar-refractivity contribution in [2.45, 2.75) is 6.54 Å². The van der Waals surface area contributed by atoms with Gasteiger partial charge in [-0.15, -0.1) is 0 Å². The number of H-pyrrole nitrogens is 1. The van der Waals surface area contributed by atoms with Gasteiger partial charge in [0.05, 0.1) is 32.2 Å². The smallest absolute Gasteiger partial charge is 0.250 e. The Hall–Kier alpha value is -1.86. The normalized spacial score (nSPS) is 11.3. The van der Waals surface area contributed by atoms with Gasteiger partial charge < -0.3 is 39.2 Å². The Morgan fingerprint density at radius 1 is 1.08 bits per heavy atom. The van der Waals surface area contributed by atoms with Crippen LogP contribution in [-0.2, 0) is 6.54 Å². The summed E-state index contributed by atoms with van der Waals surface area (Å²) in [5, 5.41) is 1.06. The average Bonchev–Trinajstić information content (AvgIpc) is 2.88. The minimum absolute atomic E-state index is 0. The van der Waals surface area contributed by atoms with E-state index >= 15 is 0 Å². The number of nitrogens with two attached hydrogens (primary N) is 1. The molecule has 1 amide bonds. The number of nitrogens with one attached hydrogen (secondary N) is 1. The molecule has 3 aromatic rings. The number of fused-ring (bicyclic) bond motifs is 1. The molecule has 0 fully saturated rings. The molecule has 1 aromatic heterocycles. The van der Waals surface area contributed by atoms with E-state index in [4.69, 9.17) is 5.73 Å². The van der Waals surface area contributed by atoms with Gasteiger partial charge in [0.2, 0.25) is 0 Å². The Labute approximate surface area is 159 Å². The van der Waals surface area contributed by atoms with Crippen LogP contribution in [0.1, 0.15) is 15.9 Å². The quantitative estimate of drug-likeness (QED) is 0.445. The van der Waals surface area contributed by atoms with E-state index in [1.807, 2.05) is 42.6 Å². The summed E-state index contributed by atoms with van der Waals surface area (Å²) in [7, 11) is 6.44. The monoisotopic (exact) mass is 435 g/mol. The molecule has 0 spiro atoms. The molecule has 24 heavy (non-hydrogen) atoms. The lowest BCUT2D eigenvalue weighted by Crippen LogP contribution is -3.00. The number of primary amides is 1. The second-order valence-electron chi connectivity index (χ2n) is 6.94. The molecule has 0 aliphatic heterocycles. The molecule has 5 heteroatoms. The number of halogens is 1. The SMILES string of the molecule is C[N+](C)(C)Cc1c[nH]c2c(C(N)=O)cc(-c3ccccc3)cc12.[I-]. The van der Waals surface area contributed by atoms with Crippen molar-refractivity contribution < 1.29 is 33.3 Å². The summed E-state index contributed by atoms with van der Waals surface area (Å²) in [6, 6.07) is 14.1. The molecule has 0 radical (unpaired) electrons. The Kier molecular flexibility index (Phi) is 5.35. The summed E-state index contributed by atoms with van der Waals surface area (Å²) in [6.07, 6.45) is 1.98. The molecular weight excluding hydrogens is 413 g/mol. The summed E-state index contributed by atoms with van der Waals surface area (Å²) in [4.78, 5) is 15.1. The molecule has 2 aromatic carbocycles. The van der Waals surface area contributed by atoms with Crippen LogP contribution in [0.15, 0.2) is 48.7 Å². The van der Waals surface area contributed by atoms with Gasteiger partial charge in [-0.1, -0.05) is 30.3 Å². The van der Waals surface area contributed by atoms with Crippen LogP contribution in [0.4, 0.5) is 0 Å². The van der Waals surface area contributed by atoms with Gasteiger partial charge in [0.1, 0.15) is 6.54 Å². The first-order chi connectivity index (χ1) is 10.8. The average molecular weight is 435 g/mol. The number of rotatable bonds is 4. The Balaban J connectivity index is 0.00000208. The lowest BCUT2D eigenvalue weighted by atomic mass is 9.98. The molecule has 126 valence electrons. The maximum Gasteiger partial charge on any atom is 0.250 e. The number of hydrogen-bond donors (Lipinski definition) is 2. The lowest BCUT2D eigenvalue weighted by Gasteiger charge is -2.23. The maximum absolute atomic E-state index is 11.9. The minimum atomic E-state index is -0.411. The fraction of sp³-hybridized carbons (Fsp3) is 0.211. The van der Waals surface area contributed by atoms with Crippen molar-refractivity contribution in [2.24, 2.45) is 5.73 Å². The van der Waals surface area contributed by atoms with Gasteiger partial charge in [-0.3, -0.25) is 4.79 Å². The third-order valence-electron chi connectivity index (χ3n) is 3.89. The predicted octanol–water partition coefficient (Wildman–Crippen LogP) is 0.144. The molecule has 4 nitrogen and oxygen atoms in total. The highest BCUT2D eigenvalue weighted by atomic mass is 127. The highest BCUT2D eigenvalue weighted by Gasteiger charge is 2.17. The summed E-state index contributed by atoms with van der Waals surface area (Å²) < 4.78 is 0.814. The third kappa shape index (κ3) is 3.79. The van der Waals surface area contributed by atoms with E-state index in [1.165, 1.54) is 5.56 Å². The Morgan fingerprint density at radius 3 is 2.33 bits per heavy atom. The summed E-state index contributed by atoms with van der Waals surface area (Å²) in [5.74, 6) is -0.411. The molecule has 0 unspecified atom stereocenters. The second kappa shape index (κ2) is 6.94. The number of benzene rings is 2. The first-order valence-corrected chi connectivity index (χ1v) is 7.65. The zero-order chi connectivity index (χ0) is 16.6. The molecule has 3 N–H and O–H groups in total. The zero-order valence-corrected chi connectivity index (χ0v) is 16.3. The van der Waals surface area contributed by atoms with Crippen LogP contribution in [0.3, 0.4) is 0 Å². The maximum atomic E-state index is 11.9. The number of aromatic amines is 1. The van der Waals surface area contributed by atoms with Crippen molar-refractivity contribution in [3.63, 3.8) is 0 Å². The predicted molar refractivity (Wildman–Crippen MR) is 94.0 cm³/mol. The van der Waals surface area contributed by atoms with Crippen LogP contribution in [-0.4, -0.2) is 36.5 Å². The van der Waals surface area contributed by atoms with Crippen LogP contribution in [0.2, 0.25) is 0 Å². The first kappa shape index (κ1) is 18.5. The zero-order valence-electron chi connectivity index (χ0n) is 14.1. The summed E-state index contributed by atoms with van der Waals surface area (Å²) >= 11 is 0. The van der Waals surface area contributed by atoms with Crippen molar-refractivity contribution >= 4 is 16.8 Å². The van der Waals surface area contributed by atoms with Crippen LogP contribution in [0.25, 0.3) is 22.0 Å². The lowest BCUT2D eigenvalue weighted by molar-refractivity contribution is -0.883. The molecule has 0 saturated heterocycles. The molecule has 0 aliphatic carbocycles. The van der Waals surface area contributed by atoms with Crippen LogP contribution in [0.5, 0.6) is 0 Å². The van der Waals surface area contributed by atoms with Crippen molar-refractivity contribution in [3.05, 3.63) is 59.8 Å². The molecule has 0 saturated carbocycles. The number of carbonyl (C=O) groups is 1. The van der Waals surface area contributed by atoms with E-state index in [2.05, 4.69) is 32.2 Å². The molecule has 0 atom stereocenters. The van der Waals surface area contributed by atoms with Crippen molar-refractivity contribution in [2.75, 3.05) is 21.1 Å². The topological polar surface area (TPSA) is 58.9 Å². The Bertz CT molecular complexity index is 863. The minimum Gasteiger partial charge on any atom is -1.00 e. The van der Waals surface area contributed by atoms with Gasteiger partial charge in [-0.2, -0.15) is 0 Å². The Morgan fingerprint density at radius 2 is 1.75 bits per heavy atom. The van der Waals surface area contributed by atoms with Gasteiger partial charge in [0, 0.05) is 17.1 Å². The summed E-state index contributed by atoms with van der Waals surface area (Å²) in [5.41, 5.74) is 10.2. The standard InChI is InChI=1S/C19H21N3O.HI/c1-22(2,3)12-15-11-21-18-16(15)9-14(10-17(18)19(20)23)13-7-5-4-6-8-13;/h4-11H,12H2,1-3H3,(H2-,20,21,23);1H. The van der Waals surface area contributed by atoms with Crippen molar-refractivity contribution in [1.82, 2.24) is 4.98 Å². The largest absolute Gasteiger partial charge is 1.00 e. The molecule has 1 heterocycles. The number of amides is 1. The fourth-order valence-corrected chi connectivity index (χ4v) is 2.92. The van der Waals surface area contributed by atoms with Crippen LogP contribution >= 0.6 is 0 Å². The van der Waals surface area contributed by atoms with Crippen molar-refractivity contribution in [3.8, 4) is 11.1 Å². The molecule has 3 rings (SSSR count). The molecule has 0 aliphatic rings.